The second-order valence-electron chi connectivity index (χ2n) is 5.09. The van der Waals surface area contributed by atoms with Crippen LogP contribution in [-0.2, 0) is 11.3 Å². The Hall–Kier alpha value is -1.89. The summed E-state index contributed by atoms with van der Waals surface area (Å²) < 4.78 is 1.74. The summed E-state index contributed by atoms with van der Waals surface area (Å²) in [6.07, 6.45) is 6.33. The molecule has 2 unspecified atom stereocenters. The molecule has 1 aliphatic rings. The number of rotatable bonds is 5. The van der Waals surface area contributed by atoms with Gasteiger partial charge in [-0.05, 0) is 12.8 Å². The maximum atomic E-state index is 12.1. The number of hydrogen-bond donors (Lipinski definition) is 3. The van der Waals surface area contributed by atoms with E-state index in [1.165, 1.54) is 0 Å². The normalized spacial score (nSPS) is 22.4. The van der Waals surface area contributed by atoms with E-state index in [2.05, 4.69) is 10.3 Å². The van der Waals surface area contributed by atoms with Crippen LogP contribution >= 0.6 is 0 Å². The van der Waals surface area contributed by atoms with Crippen molar-refractivity contribution in [1.82, 2.24) is 14.9 Å². The van der Waals surface area contributed by atoms with Crippen molar-refractivity contribution in [2.75, 3.05) is 6.54 Å². The van der Waals surface area contributed by atoms with Crippen LogP contribution in [-0.4, -0.2) is 39.1 Å². The maximum Gasteiger partial charge on any atom is 0.308 e. The van der Waals surface area contributed by atoms with Crippen molar-refractivity contribution < 1.29 is 14.7 Å². The highest BCUT2D eigenvalue weighted by Crippen LogP contribution is 2.24. The van der Waals surface area contributed by atoms with Crippen LogP contribution in [0.2, 0.25) is 0 Å². The quantitative estimate of drug-likeness (QED) is 0.714. The van der Waals surface area contributed by atoms with E-state index in [0.29, 0.717) is 31.6 Å². The Bertz CT molecular complexity index is 486. The number of carboxylic acids is 1. The van der Waals surface area contributed by atoms with Crippen molar-refractivity contribution in [3.63, 3.8) is 0 Å². The van der Waals surface area contributed by atoms with E-state index in [1.54, 1.807) is 17.1 Å². The first-order valence-electron chi connectivity index (χ1n) is 6.87. The Balaban J connectivity index is 1.99. The molecule has 7 nitrogen and oxygen atoms in total. The van der Waals surface area contributed by atoms with Crippen LogP contribution < -0.4 is 11.1 Å². The molecule has 1 fully saturated rings. The highest BCUT2D eigenvalue weighted by atomic mass is 16.4. The molecule has 4 N–H and O–H groups in total. The number of nitrogens with zero attached hydrogens (tertiary/aromatic N) is 2. The fraction of sp³-hybridized carbons (Fsp3) is 0.615. The molecule has 0 aliphatic heterocycles. The zero-order chi connectivity index (χ0) is 14.5. The molecule has 1 saturated carbocycles. The number of amides is 1. The van der Waals surface area contributed by atoms with Crippen LogP contribution in [0.1, 0.15) is 36.2 Å². The van der Waals surface area contributed by atoms with Gasteiger partial charge in [0.15, 0.2) is 0 Å². The van der Waals surface area contributed by atoms with Gasteiger partial charge in [0.05, 0.1) is 12.2 Å². The first-order valence-corrected chi connectivity index (χ1v) is 6.87. The summed E-state index contributed by atoms with van der Waals surface area (Å²) in [5, 5.41) is 12.0. The van der Waals surface area contributed by atoms with Gasteiger partial charge in [0.25, 0.3) is 5.91 Å². The third-order valence-corrected chi connectivity index (χ3v) is 3.65. The third-order valence-electron chi connectivity index (χ3n) is 3.65. The van der Waals surface area contributed by atoms with E-state index in [1.807, 2.05) is 0 Å². The molecular weight excluding hydrogens is 260 g/mol. The van der Waals surface area contributed by atoms with Gasteiger partial charge >= 0.3 is 5.97 Å². The highest BCUT2D eigenvalue weighted by molar-refractivity contribution is 5.92. The zero-order valence-electron chi connectivity index (χ0n) is 11.3. The maximum absolute atomic E-state index is 12.1. The average Bonchev–Trinajstić information content (AvgIpc) is 2.88. The standard InChI is InChI=1S/C13H20N4O3/c14-5-6-17-7-11(15-8-17)12(18)16-10-4-2-1-3-9(10)13(19)20/h7-10H,1-6,14H2,(H,16,18)(H,19,20). The summed E-state index contributed by atoms with van der Waals surface area (Å²) in [6, 6.07) is -0.312. The summed E-state index contributed by atoms with van der Waals surface area (Å²) in [4.78, 5) is 27.3. The third kappa shape index (κ3) is 3.36. The molecule has 0 spiro atoms. The first-order chi connectivity index (χ1) is 9.61. The summed E-state index contributed by atoms with van der Waals surface area (Å²) in [5.74, 6) is -1.67. The number of aromatic nitrogens is 2. The molecular formula is C13H20N4O3. The predicted octanol–water partition coefficient (Wildman–Crippen LogP) is 0.215. The smallest absolute Gasteiger partial charge is 0.308 e. The lowest BCUT2D eigenvalue weighted by Crippen LogP contribution is -2.45. The molecule has 0 aromatic carbocycles. The number of carbonyl (C=O) groups excluding carboxylic acids is 1. The van der Waals surface area contributed by atoms with Gasteiger partial charge in [0, 0.05) is 25.3 Å². The molecule has 1 amide bonds. The number of hydrogen-bond acceptors (Lipinski definition) is 4. The Kier molecular flexibility index (Phi) is 4.73. The fourth-order valence-corrected chi connectivity index (χ4v) is 2.59. The second-order valence-corrected chi connectivity index (χ2v) is 5.09. The van der Waals surface area contributed by atoms with E-state index in [9.17, 15) is 14.7 Å². The van der Waals surface area contributed by atoms with Crippen molar-refractivity contribution in [2.24, 2.45) is 11.7 Å². The van der Waals surface area contributed by atoms with Crippen LogP contribution in [0.5, 0.6) is 0 Å². The van der Waals surface area contributed by atoms with Gasteiger partial charge < -0.3 is 20.7 Å². The lowest BCUT2D eigenvalue weighted by molar-refractivity contribution is -0.143. The molecule has 1 aliphatic carbocycles. The van der Waals surface area contributed by atoms with Gasteiger partial charge in [0.1, 0.15) is 5.69 Å². The Morgan fingerprint density at radius 2 is 2.20 bits per heavy atom. The van der Waals surface area contributed by atoms with Gasteiger partial charge in [-0.3, -0.25) is 9.59 Å². The topological polar surface area (TPSA) is 110 Å². The minimum Gasteiger partial charge on any atom is -0.481 e. The Labute approximate surface area is 117 Å². The van der Waals surface area contributed by atoms with E-state index in [-0.39, 0.29) is 11.9 Å². The molecule has 2 atom stereocenters. The number of carboxylic acid groups (broad SMARTS) is 1. The van der Waals surface area contributed by atoms with E-state index in [4.69, 9.17) is 5.73 Å². The van der Waals surface area contributed by atoms with Crippen LogP contribution in [0, 0.1) is 5.92 Å². The molecule has 0 saturated heterocycles. The summed E-state index contributed by atoms with van der Waals surface area (Å²) in [7, 11) is 0. The van der Waals surface area contributed by atoms with Crippen molar-refractivity contribution in [1.29, 1.82) is 0 Å². The molecule has 20 heavy (non-hydrogen) atoms. The van der Waals surface area contributed by atoms with Gasteiger partial charge in [-0.2, -0.15) is 0 Å². The molecule has 1 aromatic heterocycles. The van der Waals surface area contributed by atoms with E-state index < -0.39 is 11.9 Å². The van der Waals surface area contributed by atoms with E-state index >= 15 is 0 Å². The van der Waals surface area contributed by atoms with E-state index in [0.717, 1.165) is 12.8 Å². The Morgan fingerprint density at radius 3 is 2.90 bits per heavy atom. The van der Waals surface area contributed by atoms with Crippen molar-refractivity contribution in [2.45, 2.75) is 38.3 Å². The zero-order valence-corrected chi connectivity index (χ0v) is 11.3. The first kappa shape index (κ1) is 14.5. The van der Waals surface area contributed by atoms with Gasteiger partial charge in [0.2, 0.25) is 0 Å². The minimum absolute atomic E-state index is 0.299. The summed E-state index contributed by atoms with van der Waals surface area (Å²) in [5.41, 5.74) is 5.73. The van der Waals surface area contributed by atoms with Gasteiger partial charge in [-0.1, -0.05) is 12.8 Å². The molecule has 1 heterocycles. The number of nitrogens with one attached hydrogen (secondary N) is 1. The van der Waals surface area contributed by atoms with Gasteiger partial charge in [-0.25, -0.2) is 4.98 Å². The SMILES string of the molecule is NCCn1cnc(C(=O)NC2CCCCC2C(=O)O)c1. The highest BCUT2D eigenvalue weighted by Gasteiger charge is 2.32. The van der Waals surface area contributed by atoms with Crippen LogP contribution in [0.25, 0.3) is 0 Å². The molecule has 2 rings (SSSR count). The molecule has 1 aromatic rings. The lowest BCUT2D eigenvalue weighted by Gasteiger charge is -2.28. The number of imidazole rings is 1. The summed E-state index contributed by atoms with van der Waals surface area (Å²) in [6.45, 7) is 1.07. The Morgan fingerprint density at radius 1 is 1.45 bits per heavy atom. The predicted molar refractivity (Wildman–Crippen MR) is 72.1 cm³/mol. The van der Waals surface area contributed by atoms with Crippen molar-refractivity contribution >= 4 is 11.9 Å². The van der Waals surface area contributed by atoms with Crippen LogP contribution in [0.15, 0.2) is 12.5 Å². The summed E-state index contributed by atoms with van der Waals surface area (Å²) >= 11 is 0. The average molecular weight is 280 g/mol. The number of carbonyl (C=O) groups is 2. The molecule has 0 bridgehead atoms. The minimum atomic E-state index is -0.844. The lowest BCUT2D eigenvalue weighted by atomic mass is 9.84. The fourth-order valence-electron chi connectivity index (χ4n) is 2.59. The van der Waals surface area contributed by atoms with Crippen LogP contribution in [0.4, 0.5) is 0 Å². The molecule has 7 heteroatoms. The van der Waals surface area contributed by atoms with Crippen LogP contribution in [0.3, 0.4) is 0 Å². The van der Waals surface area contributed by atoms with Crippen molar-refractivity contribution in [3.05, 3.63) is 18.2 Å². The van der Waals surface area contributed by atoms with Gasteiger partial charge in [-0.15, -0.1) is 0 Å². The second kappa shape index (κ2) is 6.51. The number of nitrogens with two attached hydrogens (primary N) is 1. The molecule has 0 radical (unpaired) electrons. The molecule has 110 valence electrons. The van der Waals surface area contributed by atoms with Crippen molar-refractivity contribution in [3.8, 4) is 0 Å². The largest absolute Gasteiger partial charge is 0.481 e. The number of aliphatic carboxylic acids is 1. The monoisotopic (exact) mass is 280 g/mol.